The second-order valence-corrected chi connectivity index (χ2v) is 13.6. The summed E-state index contributed by atoms with van der Waals surface area (Å²) in [6.45, 7) is 0.370. The van der Waals surface area contributed by atoms with E-state index in [9.17, 15) is 43.8 Å². The standard InChI is InChI=1S/C27H27N9O10S3.Na/c37-8-2-1-7-28-21(42)22-33-35-27(49-22)48-10-12-9-47-24-16(23(43)36(24)17(12)25(44)45)30-18(39)14(11-3-5-13(38)6-4-11)29-19(40)15-20(41)31-26(46)34-32-15;/h3-6,14,16,24,37-38H,1-2,7-10H2,(H,28,42)(H,29,40)(H,30,39)(H,44,45)(H2,31,34,41,46);/q;+1/p-1/t14?,16?,24-;/m0./s1. The smallest absolute Gasteiger partial charge is 0.543 e. The number of carbonyl (C=O) groups excluding carboxylic acids is 5. The van der Waals surface area contributed by atoms with E-state index in [0.29, 0.717) is 29.3 Å². The maximum atomic E-state index is 13.5. The normalized spacial score (nSPS) is 17.1. The van der Waals surface area contributed by atoms with Gasteiger partial charge in [-0.1, -0.05) is 35.2 Å². The molecule has 0 aliphatic carbocycles. The van der Waals surface area contributed by atoms with Gasteiger partial charge in [-0.25, -0.2) is 9.89 Å². The quantitative estimate of drug-likeness (QED) is 0.0349. The largest absolute Gasteiger partial charge is 1.00 e. The second-order valence-electron chi connectivity index (χ2n) is 10.3. The van der Waals surface area contributed by atoms with E-state index in [-0.39, 0.29) is 69.7 Å². The molecule has 2 aliphatic heterocycles. The minimum absolute atomic E-state index is 0. The minimum atomic E-state index is -1.60. The van der Waals surface area contributed by atoms with Crippen molar-refractivity contribution < 1.29 is 68.8 Å². The molecule has 4 amide bonds. The van der Waals surface area contributed by atoms with Crippen LogP contribution in [-0.4, -0.2) is 106 Å². The molecule has 0 spiro atoms. The first kappa shape index (κ1) is 38.7. The summed E-state index contributed by atoms with van der Waals surface area (Å²) in [5.74, 6) is -4.73. The number of fused-ring (bicyclic) bond motifs is 1. The van der Waals surface area contributed by atoms with Gasteiger partial charge in [0.25, 0.3) is 23.3 Å². The summed E-state index contributed by atoms with van der Waals surface area (Å²) in [5, 5.41) is 50.7. The van der Waals surface area contributed by atoms with E-state index in [1.807, 2.05) is 10.1 Å². The molecule has 19 nitrogen and oxygen atoms in total. The maximum Gasteiger partial charge on any atom is 1.00 e. The minimum Gasteiger partial charge on any atom is -0.543 e. The molecule has 7 N–H and O–H groups in total. The topological polar surface area (TPSA) is 293 Å². The number of hydrogen-bond donors (Lipinski definition) is 7. The summed E-state index contributed by atoms with van der Waals surface area (Å²) in [6, 6.07) is 2.42. The Morgan fingerprint density at radius 3 is 2.52 bits per heavy atom. The van der Waals surface area contributed by atoms with Gasteiger partial charge in [-0.2, -0.15) is 5.10 Å². The molecule has 1 fully saturated rings. The molecule has 4 heterocycles. The number of carboxylic acid groups (broad SMARTS) is 1. The second kappa shape index (κ2) is 17.2. The molecule has 2 aromatic heterocycles. The van der Waals surface area contributed by atoms with E-state index >= 15 is 0 Å². The number of aliphatic hydroxyl groups is 1. The molecule has 0 saturated carbocycles. The molecule has 2 aliphatic rings. The summed E-state index contributed by atoms with van der Waals surface area (Å²) >= 11 is 3.31. The third-order valence-corrected chi connectivity index (χ3v) is 10.6. The zero-order chi connectivity index (χ0) is 35.2. The average Bonchev–Trinajstić information content (AvgIpc) is 3.56. The Kier molecular flexibility index (Phi) is 13.4. The van der Waals surface area contributed by atoms with Crippen LogP contribution in [0.3, 0.4) is 0 Å². The molecule has 3 atom stereocenters. The van der Waals surface area contributed by atoms with Gasteiger partial charge < -0.3 is 36.1 Å². The monoisotopic (exact) mass is 755 g/mol. The molecule has 3 aromatic rings. The van der Waals surface area contributed by atoms with Gasteiger partial charge in [-0.15, -0.1) is 22.0 Å². The van der Waals surface area contributed by atoms with Crippen molar-refractivity contribution in [3.63, 3.8) is 0 Å². The average molecular weight is 756 g/mol. The van der Waals surface area contributed by atoms with Crippen molar-refractivity contribution in [1.82, 2.24) is 46.2 Å². The van der Waals surface area contributed by atoms with Crippen molar-refractivity contribution in [2.24, 2.45) is 0 Å². The van der Waals surface area contributed by atoms with Crippen LogP contribution >= 0.6 is 34.9 Å². The van der Waals surface area contributed by atoms with Crippen LogP contribution in [0.25, 0.3) is 0 Å². The van der Waals surface area contributed by atoms with Crippen molar-refractivity contribution in [3.05, 3.63) is 72.6 Å². The number of amides is 4. The van der Waals surface area contributed by atoms with E-state index in [1.54, 1.807) is 0 Å². The predicted molar refractivity (Wildman–Crippen MR) is 170 cm³/mol. The molecule has 1 aromatic carbocycles. The van der Waals surface area contributed by atoms with E-state index in [1.165, 1.54) is 36.0 Å². The van der Waals surface area contributed by atoms with Gasteiger partial charge >= 0.3 is 35.2 Å². The Morgan fingerprint density at radius 1 is 1.10 bits per heavy atom. The fraction of sp³-hybridized carbons (Fsp3) is 0.333. The number of nitrogens with one attached hydrogen (secondary N) is 5. The van der Waals surface area contributed by atoms with Gasteiger partial charge in [0, 0.05) is 24.7 Å². The fourth-order valence-corrected chi connectivity index (χ4v) is 7.96. The Hall–Kier alpha value is -4.06. The van der Waals surface area contributed by atoms with Gasteiger partial charge in [0.1, 0.15) is 23.2 Å². The van der Waals surface area contributed by atoms with Crippen molar-refractivity contribution >= 4 is 64.5 Å². The number of thioether (sulfide) groups is 2. The number of aromatic amines is 2. The van der Waals surface area contributed by atoms with Gasteiger partial charge in [0.05, 0.1) is 11.7 Å². The summed E-state index contributed by atoms with van der Waals surface area (Å²) in [6.07, 6.45) is 1.13. The van der Waals surface area contributed by atoms with Crippen molar-refractivity contribution in [1.29, 1.82) is 0 Å². The summed E-state index contributed by atoms with van der Waals surface area (Å²) in [7, 11) is 0. The van der Waals surface area contributed by atoms with E-state index in [0.717, 1.165) is 28.0 Å². The van der Waals surface area contributed by atoms with Crippen LogP contribution in [0.4, 0.5) is 0 Å². The number of carboxylic acids is 1. The van der Waals surface area contributed by atoms with Crippen LogP contribution in [0.15, 0.2) is 49.5 Å². The van der Waals surface area contributed by atoms with Gasteiger partial charge in [-0.05, 0) is 36.1 Å². The molecule has 23 heteroatoms. The van der Waals surface area contributed by atoms with Gasteiger partial charge in [-0.3, -0.25) is 33.9 Å². The van der Waals surface area contributed by atoms with E-state index in [2.05, 4.69) is 31.2 Å². The first-order valence-electron chi connectivity index (χ1n) is 14.3. The molecule has 258 valence electrons. The fourth-order valence-electron chi connectivity index (χ4n) is 4.71. The van der Waals surface area contributed by atoms with Crippen molar-refractivity contribution in [2.75, 3.05) is 24.7 Å². The molecular weight excluding hydrogens is 730 g/mol. The third kappa shape index (κ3) is 8.80. The molecule has 5 rings (SSSR count). The summed E-state index contributed by atoms with van der Waals surface area (Å²) in [4.78, 5) is 90.4. The Balaban J connectivity index is 0.00000562. The zero-order valence-corrected chi connectivity index (χ0v) is 30.4. The number of hydrogen-bond acceptors (Lipinski definition) is 16. The third-order valence-electron chi connectivity index (χ3n) is 7.07. The number of nitrogens with zero attached hydrogens (tertiary/aromatic N) is 4. The number of phenolic OH excluding ortho intramolecular Hbond substituents is 1. The van der Waals surface area contributed by atoms with E-state index < -0.39 is 64.0 Å². The Labute approximate surface area is 315 Å². The predicted octanol–water partition coefficient (Wildman–Crippen LogP) is -5.81. The Morgan fingerprint density at radius 2 is 1.84 bits per heavy atom. The number of carbonyl (C=O) groups is 5. The summed E-state index contributed by atoms with van der Waals surface area (Å²) < 4.78 is 0.388. The van der Waals surface area contributed by atoms with Gasteiger partial charge in [0.15, 0.2) is 4.34 Å². The van der Waals surface area contributed by atoms with E-state index in [4.69, 9.17) is 5.11 Å². The number of β-lactam (4-membered cyclic amide) rings is 1. The van der Waals surface area contributed by atoms with Crippen LogP contribution in [0.2, 0.25) is 0 Å². The number of rotatable bonds is 14. The number of H-pyrrole nitrogens is 2. The van der Waals surface area contributed by atoms with Crippen molar-refractivity contribution in [3.8, 4) is 5.75 Å². The number of aliphatic hydroxyl groups excluding tert-OH is 1. The Bertz CT molecular complexity index is 1930. The molecule has 50 heavy (non-hydrogen) atoms. The number of unbranched alkanes of at least 4 members (excludes halogenated alkanes) is 1. The number of phenols is 1. The molecule has 0 bridgehead atoms. The SMILES string of the molecule is O=C([O-])C1=C(CSc2nnc(C(=O)NCCCCO)s2)CS[C@H]2C(NC(=O)C(NC(=O)c3n[nH]c(=O)[nH]c3=O)c3ccc(O)cc3)C(=O)N12.[Na+]. The number of aromatic hydroxyl groups is 1. The molecule has 2 unspecified atom stereocenters. The van der Waals surface area contributed by atoms with Crippen LogP contribution in [-0.2, 0) is 14.4 Å². The number of aliphatic carboxylic acids is 1. The van der Waals surface area contributed by atoms with Crippen molar-refractivity contribution in [2.45, 2.75) is 34.6 Å². The molecular formula is C27H26N9NaO10S3. The number of benzene rings is 1. The maximum absolute atomic E-state index is 13.5. The van der Waals surface area contributed by atoms with Crippen LogP contribution in [0.1, 0.15) is 44.7 Å². The number of aromatic nitrogens is 5. The summed E-state index contributed by atoms with van der Waals surface area (Å²) in [5.41, 5.74) is -2.68. The zero-order valence-electron chi connectivity index (χ0n) is 26.0. The van der Waals surface area contributed by atoms with Crippen LogP contribution in [0, 0.1) is 0 Å². The van der Waals surface area contributed by atoms with Crippen LogP contribution in [0.5, 0.6) is 5.75 Å². The van der Waals surface area contributed by atoms with Crippen LogP contribution < -0.4 is 61.9 Å². The van der Waals surface area contributed by atoms with Gasteiger partial charge in [0.2, 0.25) is 16.6 Å². The molecule has 1 saturated heterocycles. The molecule has 0 radical (unpaired) electrons. The first-order chi connectivity index (χ1) is 23.5. The first-order valence-corrected chi connectivity index (χ1v) is 17.2.